The van der Waals surface area contributed by atoms with Gasteiger partial charge in [0.05, 0.1) is 23.8 Å². The van der Waals surface area contributed by atoms with Gasteiger partial charge in [-0.15, -0.1) is 0 Å². The van der Waals surface area contributed by atoms with Gasteiger partial charge in [-0.2, -0.15) is 13.2 Å². The zero-order valence-corrected chi connectivity index (χ0v) is 16.4. The Hall–Kier alpha value is -1.94. The van der Waals surface area contributed by atoms with Gasteiger partial charge in [-0.1, -0.05) is 0 Å². The fraction of sp³-hybridized carbons (Fsp3) is 0.750. The first-order chi connectivity index (χ1) is 14.2. The van der Waals surface area contributed by atoms with Crippen LogP contribution in [0.25, 0.3) is 0 Å². The monoisotopic (exact) mass is 426 g/mol. The Labute approximate surface area is 171 Å². The van der Waals surface area contributed by atoms with E-state index in [1.165, 1.54) is 0 Å². The van der Waals surface area contributed by atoms with E-state index in [4.69, 9.17) is 4.74 Å². The summed E-state index contributed by atoms with van der Waals surface area (Å²) in [7, 11) is 0. The number of rotatable bonds is 4. The maximum atomic E-state index is 13.7. The van der Waals surface area contributed by atoms with Crippen LogP contribution in [0.5, 0.6) is 0 Å². The Balaban J connectivity index is 1.36. The topological polar surface area (TPSA) is 96.4 Å². The van der Waals surface area contributed by atoms with E-state index in [-0.39, 0.29) is 29.9 Å². The van der Waals surface area contributed by atoms with Crippen LogP contribution in [-0.4, -0.2) is 51.9 Å². The molecule has 4 bridgehead atoms. The molecule has 0 spiro atoms. The first-order valence-corrected chi connectivity index (χ1v) is 10.5. The van der Waals surface area contributed by atoms with Crippen molar-refractivity contribution in [3.05, 3.63) is 17.5 Å². The summed E-state index contributed by atoms with van der Waals surface area (Å²) in [5, 5.41) is 16.3. The second-order valence-electron chi connectivity index (χ2n) is 9.35. The highest BCUT2D eigenvalue weighted by Crippen LogP contribution is 2.55. The molecule has 3 N–H and O–H groups in total. The van der Waals surface area contributed by atoms with E-state index in [1.807, 2.05) is 0 Å². The van der Waals surface area contributed by atoms with Gasteiger partial charge in [-0.3, -0.25) is 4.79 Å². The van der Waals surface area contributed by atoms with Gasteiger partial charge in [0.2, 0.25) is 5.95 Å². The zero-order valence-electron chi connectivity index (χ0n) is 16.4. The SMILES string of the molecule is O=C(NC1C2CC3CC1CC(O)(C3)C2)c1cnc(N[C@H]2CCOC2)nc1C(F)(F)F. The van der Waals surface area contributed by atoms with Crippen LogP contribution in [0.15, 0.2) is 6.20 Å². The van der Waals surface area contributed by atoms with Crippen LogP contribution in [-0.2, 0) is 10.9 Å². The van der Waals surface area contributed by atoms with E-state index in [0.29, 0.717) is 38.4 Å². The molecule has 0 aromatic carbocycles. The minimum absolute atomic E-state index is 0.101. The van der Waals surface area contributed by atoms with E-state index < -0.39 is 28.9 Å². The number of carbonyl (C=O) groups excluding carboxylic acids is 1. The van der Waals surface area contributed by atoms with Gasteiger partial charge in [0, 0.05) is 18.8 Å². The highest BCUT2D eigenvalue weighted by atomic mass is 19.4. The number of halogens is 3. The Kier molecular flexibility index (Phi) is 4.70. The molecule has 1 aromatic heterocycles. The summed E-state index contributed by atoms with van der Waals surface area (Å²) >= 11 is 0. The van der Waals surface area contributed by atoms with Crippen molar-refractivity contribution >= 4 is 11.9 Å². The smallest absolute Gasteiger partial charge is 0.390 e. The van der Waals surface area contributed by atoms with Crippen LogP contribution < -0.4 is 10.6 Å². The van der Waals surface area contributed by atoms with Crippen LogP contribution in [0.1, 0.15) is 54.6 Å². The van der Waals surface area contributed by atoms with Crippen LogP contribution in [0.3, 0.4) is 0 Å². The number of hydrogen-bond acceptors (Lipinski definition) is 6. The zero-order chi connectivity index (χ0) is 21.1. The van der Waals surface area contributed by atoms with Gasteiger partial charge in [0.15, 0.2) is 5.69 Å². The predicted octanol–water partition coefficient (Wildman–Crippen LogP) is 2.37. The second kappa shape index (κ2) is 7.05. The maximum absolute atomic E-state index is 13.7. The summed E-state index contributed by atoms with van der Waals surface area (Å²) in [5.41, 5.74) is -2.48. The molecule has 1 aliphatic heterocycles. The molecule has 5 fully saturated rings. The molecular weight excluding hydrogens is 401 g/mol. The average molecular weight is 426 g/mol. The summed E-state index contributed by atoms with van der Waals surface area (Å²) in [6.07, 6.45) is 0.625. The van der Waals surface area contributed by atoms with Crippen LogP contribution in [0.2, 0.25) is 0 Å². The number of alkyl halides is 3. The lowest BCUT2D eigenvalue weighted by molar-refractivity contribution is -0.141. The average Bonchev–Trinajstić information content (AvgIpc) is 3.15. The fourth-order valence-electron chi connectivity index (χ4n) is 6.11. The third kappa shape index (κ3) is 3.64. The molecule has 3 atom stereocenters. The number of carbonyl (C=O) groups is 1. The number of amides is 1. The number of anilines is 1. The van der Waals surface area contributed by atoms with Gasteiger partial charge in [-0.25, -0.2) is 9.97 Å². The minimum Gasteiger partial charge on any atom is -0.390 e. The molecule has 0 radical (unpaired) electrons. The Morgan fingerprint density at radius 3 is 2.57 bits per heavy atom. The Bertz CT molecular complexity index is 827. The largest absolute Gasteiger partial charge is 0.434 e. The Morgan fingerprint density at radius 1 is 1.23 bits per heavy atom. The lowest BCUT2D eigenvalue weighted by Crippen LogP contribution is -2.61. The summed E-state index contributed by atoms with van der Waals surface area (Å²) in [6, 6.07) is -0.367. The van der Waals surface area contributed by atoms with Crippen molar-refractivity contribution < 1.29 is 27.8 Å². The summed E-state index contributed by atoms with van der Waals surface area (Å²) < 4.78 is 46.2. The van der Waals surface area contributed by atoms with Crippen LogP contribution in [0.4, 0.5) is 19.1 Å². The third-order valence-electron chi connectivity index (χ3n) is 7.10. The molecule has 1 amide bonds. The number of aromatic nitrogens is 2. The van der Waals surface area contributed by atoms with Crippen molar-refractivity contribution in [1.29, 1.82) is 0 Å². The lowest BCUT2D eigenvalue weighted by Gasteiger charge is -2.58. The highest BCUT2D eigenvalue weighted by Gasteiger charge is 2.55. The number of aliphatic hydroxyl groups is 1. The predicted molar refractivity (Wildman–Crippen MR) is 99.6 cm³/mol. The normalized spacial score (nSPS) is 37.4. The quantitative estimate of drug-likeness (QED) is 0.684. The maximum Gasteiger partial charge on any atom is 0.434 e. The van der Waals surface area contributed by atoms with Crippen LogP contribution >= 0.6 is 0 Å². The minimum atomic E-state index is -4.78. The molecule has 2 unspecified atom stereocenters. The number of ether oxygens (including phenoxy) is 1. The molecule has 6 rings (SSSR count). The van der Waals surface area contributed by atoms with Crippen molar-refractivity contribution in [1.82, 2.24) is 15.3 Å². The molecule has 164 valence electrons. The van der Waals surface area contributed by atoms with Crippen LogP contribution in [0, 0.1) is 17.8 Å². The summed E-state index contributed by atoms with van der Waals surface area (Å²) in [5.74, 6) is -0.319. The third-order valence-corrected chi connectivity index (χ3v) is 7.10. The van der Waals surface area contributed by atoms with Gasteiger partial charge in [-0.05, 0) is 56.3 Å². The summed E-state index contributed by atoms with van der Waals surface area (Å²) in [4.78, 5) is 20.4. The number of nitrogens with zero attached hydrogens (tertiary/aromatic N) is 2. The van der Waals surface area contributed by atoms with E-state index in [1.54, 1.807) is 0 Å². The van der Waals surface area contributed by atoms with E-state index in [9.17, 15) is 23.1 Å². The summed E-state index contributed by atoms with van der Waals surface area (Å²) in [6.45, 7) is 0.911. The molecule has 10 heteroatoms. The molecule has 1 saturated heterocycles. The van der Waals surface area contributed by atoms with Gasteiger partial charge >= 0.3 is 6.18 Å². The second-order valence-corrected chi connectivity index (χ2v) is 9.35. The highest BCUT2D eigenvalue weighted by molar-refractivity contribution is 5.95. The number of hydrogen-bond donors (Lipinski definition) is 3. The molecule has 2 heterocycles. The van der Waals surface area contributed by atoms with E-state index in [2.05, 4.69) is 20.6 Å². The molecule has 1 aromatic rings. The van der Waals surface area contributed by atoms with Crippen molar-refractivity contribution in [3.63, 3.8) is 0 Å². The van der Waals surface area contributed by atoms with Crippen molar-refractivity contribution in [2.45, 2.75) is 62.4 Å². The standard InChI is InChI=1S/C20H25F3N4O3/c21-20(22,23)16-14(8-24-18(27-16)25-13-1-2-30-9-13)17(28)26-15-11-3-10-4-12(15)7-19(29,5-10)6-11/h8,10-13,15,29H,1-7,9H2,(H,26,28)(H,24,25,27)/t10?,11?,12?,13-,15?,19?/m0/s1. The molecule has 5 aliphatic rings. The number of nitrogens with one attached hydrogen (secondary N) is 2. The van der Waals surface area contributed by atoms with Crippen molar-refractivity contribution in [2.24, 2.45) is 17.8 Å². The van der Waals surface area contributed by atoms with Gasteiger partial charge in [0.25, 0.3) is 5.91 Å². The fourth-order valence-corrected chi connectivity index (χ4v) is 6.11. The molecular formula is C20H25F3N4O3. The Morgan fingerprint density at radius 2 is 1.97 bits per heavy atom. The van der Waals surface area contributed by atoms with E-state index in [0.717, 1.165) is 25.5 Å². The molecule has 4 saturated carbocycles. The first-order valence-electron chi connectivity index (χ1n) is 10.5. The molecule has 4 aliphatic carbocycles. The van der Waals surface area contributed by atoms with Crippen molar-refractivity contribution in [2.75, 3.05) is 18.5 Å². The lowest BCUT2D eigenvalue weighted by atomic mass is 9.52. The molecule has 30 heavy (non-hydrogen) atoms. The van der Waals surface area contributed by atoms with Gasteiger partial charge < -0.3 is 20.5 Å². The first kappa shape index (κ1) is 20.0. The van der Waals surface area contributed by atoms with E-state index >= 15 is 0 Å². The molecule has 7 nitrogen and oxygen atoms in total. The van der Waals surface area contributed by atoms with Crippen molar-refractivity contribution in [3.8, 4) is 0 Å². The van der Waals surface area contributed by atoms with Gasteiger partial charge in [0.1, 0.15) is 0 Å².